The van der Waals surface area contributed by atoms with E-state index in [2.05, 4.69) is 25.9 Å². The van der Waals surface area contributed by atoms with Crippen LogP contribution in [0, 0.1) is 0 Å². The maximum Gasteiger partial charge on any atom is 0.509 e. The number of aromatic nitrogens is 2. The predicted molar refractivity (Wildman–Crippen MR) is 39.6 cm³/mol. The average Bonchev–Trinajstić information content (AvgIpc) is 1.88. The van der Waals surface area contributed by atoms with Crippen molar-refractivity contribution >= 4 is 28.6 Å². The zero-order chi connectivity index (χ0) is 7.56. The second-order valence-corrected chi connectivity index (χ2v) is 2.45. The third kappa shape index (κ3) is 1.76. The van der Waals surface area contributed by atoms with Crippen LogP contribution < -0.4 is 5.59 Å². The highest BCUT2D eigenvalue weighted by atomic mass is 79.9. The molecule has 6 heteroatoms. The Morgan fingerprint density at radius 2 is 2.00 bits per heavy atom. The highest BCUT2D eigenvalue weighted by Gasteiger charge is 2.11. The largest absolute Gasteiger partial charge is 0.509 e. The van der Waals surface area contributed by atoms with Gasteiger partial charge in [-0.1, -0.05) is 0 Å². The van der Waals surface area contributed by atoms with Gasteiger partial charge < -0.3 is 10.0 Å². The first-order chi connectivity index (χ1) is 4.70. The van der Waals surface area contributed by atoms with Crippen LogP contribution in [0.15, 0.2) is 17.0 Å². The molecular weight excluding hydrogens is 199 g/mol. The molecule has 0 fully saturated rings. The van der Waals surface area contributed by atoms with E-state index in [1.807, 2.05) is 0 Å². The van der Waals surface area contributed by atoms with E-state index in [-0.39, 0.29) is 5.59 Å². The Labute approximate surface area is 66.2 Å². The summed E-state index contributed by atoms with van der Waals surface area (Å²) in [6, 6.07) is 0. The van der Waals surface area contributed by atoms with Gasteiger partial charge in [0.25, 0.3) is 0 Å². The van der Waals surface area contributed by atoms with Gasteiger partial charge in [0.2, 0.25) is 0 Å². The summed E-state index contributed by atoms with van der Waals surface area (Å²) in [5, 5.41) is 17.1. The molecule has 0 radical (unpaired) electrons. The molecule has 0 aromatic carbocycles. The van der Waals surface area contributed by atoms with E-state index in [1.165, 1.54) is 12.4 Å². The van der Waals surface area contributed by atoms with E-state index in [0.29, 0.717) is 4.60 Å². The molecule has 0 atom stereocenters. The van der Waals surface area contributed by atoms with Crippen molar-refractivity contribution in [1.29, 1.82) is 0 Å². The van der Waals surface area contributed by atoms with Crippen LogP contribution in [0.2, 0.25) is 0 Å². The molecule has 1 aromatic rings. The van der Waals surface area contributed by atoms with Gasteiger partial charge in [0, 0.05) is 6.20 Å². The smallest absolute Gasteiger partial charge is 0.422 e. The highest BCUT2D eigenvalue weighted by Crippen LogP contribution is 1.97. The summed E-state index contributed by atoms with van der Waals surface area (Å²) in [7, 11) is -1.54. The lowest BCUT2D eigenvalue weighted by Gasteiger charge is -1.94. The van der Waals surface area contributed by atoms with Gasteiger partial charge in [-0.3, -0.25) is 4.98 Å². The van der Waals surface area contributed by atoms with Gasteiger partial charge in [0.1, 0.15) is 4.60 Å². The maximum absolute atomic E-state index is 8.55. The van der Waals surface area contributed by atoms with Gasteiger partial charge in [0.15, 0.2) is 0 Å². The fourth-order valence-corrected chi connectivity index (χ4v) is 0.660. The summed E-state index contributed by atoms with van der Waals surface area (Å²) < 4.78 is 0.567. The number of nitrogens with zero attached hydrogens (tertiary/aromatic N) is 2. The molecule has 10 heavy (non-hydrogen) atoms. The summed E-state index contributed by atoms with van der Waals surface area (Å²) in [4.78, 5) is 7.40. The quantitative estimate of drug-likeness (QED) is 0.569. The third-order valence-electron chi connectivity index (χ3n) is 0.905. The standard InChI is InChI=1S/C4H4BBrN2O2/c6-4-2-7-3(1-8-4)5(9)10/h1-2,9-10H. The van der Waals surface area contributed by atoms with Crippen LogP contribution in [0.4, 0.5) is 0 Å². The molecule has 0 aliphatic carbocycles. The Kier molecular flexibility index (Phi) is 2.36. The monoisotopic (exact) mass is 202 g/mol. The summed E-state index contributed by atoms with van der Waals surface area (Å²) in [5.74, 6) is 0. The summed E-state index contributed by atoms with van der Waals surface area (Å²) in [6.07, 6.45) is 2.68. The van der Waals surface area contributed by atoms with E-state index in [1.54, 1.807) is 0 Å². The molecule has 1 rings (SSSR count). The number of rotatable bonds is 1. The molecule has 52 valence electrons. The van der Waals surface area contributed by atoms with Gasteiger partial charge in [0.05, 0.1) is 11.8 Å². The Morgan fingerprint density at radius 1 is 1.30 bits per heavy atom. The lowest BCUT2D eigenvalue weighted by atomic mass is 9.87. The van der Waals surface area contributed by atoms with Crippen LogP contribution in [0.3, 0.4) is 0 Å². The fraction of sp³-hybridized carbons (Fsp3) is 0. The third-order valence-corrected chi connectivity index (χ3v) is 1.31. The molecule has 2 N–H and O–H groups in total. The first kappa shape index (κ1) is 7.65. The van der Waals surface area contributed by atoms with Gasteiger partial charge in [-0.05, 0) is 15.9 Å². The lowest BCUT2D eigenvalue weighted by Crippen LogP contribution is -2.32. The van der Waals surface area contributed by atoms with Crippen LogP contribution in [-0.4, -0.2) is 27.1 Å². The Balaban J connectivity index is 2.89. The lowest BCUT2D eigenvalue weighted by molar-refractivity contribution is 0.424. The van der Waals surface area contributed by atoms with Crippen molar-refractivity contribution in [3.63, 3.8) is 0 Å². The van der Waals surface area contributed by atoms with Crippen LogP contribution in [0.25, 0.3) is 0 Å². The zero-order valence-electron chi connectivity index (χ0n) is 4.90. The molecular formula is C4H4BBrN2O2. The van der Waals surface area contributed by atoms with E-state index in [4.69, 9.17) is 10.0 Å². The van der Waals surface area contributed by atoms with Crippen LogP contribution >= 0.6 is 15.9 Å². The van der Waals surface area contributed by atoms with Crippen molar-refractivity contribution in [2.24, 2.45) is 0 Å². The Bertz CT molecular complexity index is 215. The zero-order valence-corrected chi connectivity index (χ0v) is 6.48. The van der Waals surface area contributed by atoms with E-state index in [0.717, 1.165) is 0 Å². The molecule has 0 unspecified atom stereocenters. The number of halogens is 1. The van der Waals surface area contributed by atoms with Crippen molar-refractivity contribution in [1.82, 2.24) is 9.97 Å². The molecule has 0 spiro atoms. The van der Waals surface area contributed by atoms with Crippen molar-refractivity contribution in [2.45, 2.75) is 0 Å². The normalized spacial score (nSPS) is 9.50. The summed E-state index contributed by atoms with van der Waals surface area (Å²) in [5.41, 5.74) is 0.142. The summed E-state index contributed by atoms with van der Waals surface area (Å²) in [6.45, 7) is 0. The molecule has 1 heterocycles. The van der Waals surface area contributed by atoms with Gasteiger partial charge in [-0.25, -0.2) is 4.98 Å². The van der Waals surface area contributed by atoms with Crippen LogP contribution in [0.1, 0.15) is 0 Å². The molecule has 0 aliphatic heterocycles. The van der Waals surface area contributed by atoms with Crippen LogP contribution in [0.5, 0.6) is 0 Å². The van der Waals surface area contributed by atoms with Gasteiger partial charge in [-0.15, -0.1) is 0 Å². The van der Waals surface area contributed by atoms with Crippen LogP contribution in [-0.2, 0) is 0 Å². The first-order valence-corrected chi connectivity index (χ1v) is 3.33. The first-order valence-electron chi connectivity index (χ1n) is 2.54. The van der Waals surface area contributed by atoms with E-state index in [9.17, 15) is 0 Å². The van der Waals surface area contributed by atoms with Gasteiger partial charge in [-0.2, -0.15) is 0 Å². The minimum absolute atomic E-state index is 0.142. The maximum atomic E-state index is 8.55. The van der Waals surface area contributed by atoms with Crippen molar-refractivity contribution < 1.29 is 10.0 Å². The predicted octanol–water partition coefficient (Wildman–Crippen LogP) is -1.08. The molecule has 0 saturated heterocycles. The second kappa shape index (κ2) is 3.09. The van der Waals surface area contributed by atoms with E-state index >= 15 is 0 Å². The SMILES string of the molecule is OB(O)c1cnc(Br)cn1. The highest BCUT2D eigenvalue weighted by molar-refractivity contribution is 9.10. The topological polar surface area (TPSA) is 66.2 Å². The Morgan fingerprint density at radius 3 is 2.40 bits per heavy atom. The average molecular weight is 203 g/mol. The fourth-order valence-electron chi connectivity index (χ4n) is 0.456. The second-order valence-electron chi connectivity index (χ2n) is 1.64. The molecule has 1 aromatic heterocycles. The minimum Gasteiger partial charge on any atom is -0.422 e. The molecule has 0 aliphatic rings. The number of hydrogen-bond donors (Lipinski definition) is 2. The molecule has 0 saturated carbocycles. The van der Waals surface area contributed by atoms with Crippen molar-refractivity contribution in [2.75, 3.05) is 0 Å². The molecule has 4 nitrogen and oxygen atoms in total. The van der Waals surface area contributed by atoms with E-state index < -0.39 is 7.12 Å². The van der Waals surface area contributed by atoms with Crippen molar-refractivity contribution in [3.8, 4) is 0 Å². The molecule has 0 amide bonds. The summed E-state index contributed by atoms with van der Waals surface area (Å²) >= 11 is 3.06. The minimum atomic E-state index is -1.54. The van der Waals surface area contributed by atoms with Crippen molar-refractivity contribution in [3.05, 3.63) is 17.0 Å². The Hall–Kier alpha value is -0.455. The molecule has 0 bridgehead atoms. The number of hydrogen-bond acceptors (Lipinski definition) is 4. The van der Waals surface area contributed by atoms with Gasteiger partial charge >= 0.3 is 7.12 Å².